The third-order valence-electron chi connectivity index (χ3n) is 9.84. The number of Topliss-reactive ketones (excluding diaryl/α,β-unsaturated/α-hetero) is 1. The lowest BCUT2D eigenvalue weighted by Gasteiger charge is -2.28. The largest absolute Gasteiger partial charge is 0.461 e. The Balaban J connectivity index is 1.40. The standard InChI is InChI=1S/C53H39N3O5/c1-53(32-47(57)44(33-54)48(38-20-8-2-9-21-38)39-22-10-3-11-23-39,36-60-51(58)45(34-55)49(40-24-12-4-13-25-40)41-26-14-5-15-27-41)37-61-52(59)46(35-56)50(42-28-16-6-17-29-42)43-30-18-7-19-31-43/h2-31H,32,36-37H2,1H3. The molecule has 0 aliphatic heterocycles. The van der Waals surface area contributed by atoms with Gasteiger partial charge in [0.1, 0.15) is 48.1 Å². The maximum Gasteiger partial charge on any atom is 0.349 e. The fourth-order valence-electron chi connectivity index (χ4n) is 6.90. The lowest BCUT2D eigenvalue weighted by atomic mass is 9.82. The zero-order valence-corrected chi connectivity index (χ0v) is 33.3. The number of nitrogens with zero attached hydrogens (tertiary/aromatic N) is 3. The topological polar surface area (TPSA) is 141 Å². The van der Waals surface area contributed by atoms with Crippen molar-refractivity contribution >= 4 is 34.4 Å². The van der Waals surface area contributed by atoms with Gasteiger partial charge in [-0.25, -0.2) is 9.59 Å². The van der Waals surface area contributed by atoms with Gasteiger partial charge in [0.25, 0.3) is 0 Å². The highest BCUT2D eigenvalue weighted by Crippen LogP contribution is 2.34. The van der Waals surface area contributed by atoms with E-state index in [1.807, 2.05) is 48.5 Å². The fourth-order valence-corrected chi connectivity index (χ4v) is 6.90. The number of ketones is 1. The Hall–Kier alpha value is -8.38. The Morgan fingerprint density at radius 3 is 0.869 bits per heavy atom. The number of benzene rings is 6. The van der Waals surface area contributed by atoms with Crippen LogP contribution in [0.15, 0.2) is 199 Å². The number of allylic oxidation sites excluding steroid dienone is 1. The monoisotopic (exact) mass is 797 g/mol. The summed E-state index contributed by atoms with van der Waals surface area (Å²) in [4.78, 5) is 42.6. The highest BCUT2D eigenvalue weighted by molar-refractivity contribution is 6.10. The minimum Gasteiger partial charge on any atom is -0.461 e. The van der Waals surface area contributed by atoms with Crippen molar-refractivity contribution in [2.24, 2.45) is 5.41 Å². The van der Waals surface area contributed by atoms with E-state index in [-0.39, 0.29) is 16.7 Å². The van der Waals surface area contributed by atoms with E-state index in [0.717, 1.165) is 0 Å². The third-order valence-corrected chi connectivity index (χ3v) is 9.84. The molecule has 0 fully saturated rings. The molecule has 61 heavy (non-hydrogen) atoms. The van der Waals surface area contributed by atoms with Crippen LogP contribution in [0.2, 0.25) is 0 Å². The molecule has 0 spiro atoms. The van der Waals surface area contributed by atoms with Crippen LogP contribution in [0.1, 0.15) is 46.7 Å². The summed E-state index contributed by atoms with van der Waals surface area (Å²) >= 11 is 0. The lowest BCUT2D eigenvalue weighted by molar-refractivity contribution is -0.149. The van der Waals surface area contributed by atoms with Gasteiger partial charge in [-0.2, -0.15) is 15.8 Å². The Morgan fingerprint density at radius 1 is 0.410 bits per heavy atom. The molecule has 0 saturated heterocycles. The van der Waals surface area contributed by atoms with Crippen molar-refractivity contribution in [2.45, 2.75) is 13.3 Å². The minimum atomic E-state index is -1.47. The molecule has 0 heterocycles. The molecular weight excluding hydrogens is 759 g/mol. The van der Waals surface area contributed by atoms with Gasteiger partial charge in [-0.1, -0.05) is 189 Å². The molecule has 0 N–H and O–H groups in total. The second kappa shape index (κ2) is 20.4. The third kappa shape index (κ3) is 10.4. The summed E-state index contributed by atoms with van der Waals surface area (Å²) in [5.41, 5.74) is 2.62. The lowest BCUT2D eigenvalue weighted by Crippen LogP contribution is -2.35. The van der Waals surface area contributed by atoms with Crippen molar-refractivity contribution in [3.05, 3.63) is 232 Å². The van der Waals surface area contributed by atoms with Crippen LogP contribution in [0, 0.1) is 39.4 Å². The number of rotatable bonds is 15. The summed E-state index contributed by atoms with van der Waals surface area (Å²) in [7, 11) is 0. The molecule has 0 unspecified atom stereocenters. The van der Waals surface area contributed by atoms with Crippen molar-refractivity contribution in [3.8, 4) is 18.2 Å². The number of hydrogen-bond acceptors (Lipinski definition) is 8. The molecule has 0 aliphatic rings. The highest BCUT2D eigenvalue weighted by atomic mass is 16.5. The SMILES string of the molecule is CC(COC(=O)C(C#N)=C(c1ccccc1)c1ccccc1)(COC(=O)C(C#N)=C(c1ccccc1)c1ccccc1)CC(=O)C(C#N)=C(c1ccccc1)c1ccccc1. The normalized spacial score (nSPS) is 10.4. The van der Waals surface area contributed by atoms with E-state index >= 15 is 0 Å². The zero-order chi connectivity index (χ0) is 43.0. The van der Waals surface area contributed by atoms with E-state index in [1.54, 1.807) is 153 Å². The van der Waals surface area contributed by atoms with Gasteiger partial charge in [-0.05, 0) is 33.4 Å². The van der Waals surface area contributed by atoms with Crippen LogP contribution in [-0.4, -0.2) is 30.9 Å². The van der Waals surface area contributed by atoms with Gasteiger partial charge in [0.05, 0.1) is 0 Å². The number of esters is 2. The number of carbonyl (C=O) groups is 3. The zero-order valence-electron chi connectivity index (χ0n) is 33.3. The van der Waals surface area contributed by atoms with E-state index in [9.17, 15) is 30.2 Å². The molecular formula is C53H39N3O5. The van der Waals surface area contributed by atoms with Crippen molar-refractivity contribution in [3.63, 3.8) is 0 Å². The quantitative estimate of drug-likeness (QED) is 0.0568. The maximum absolute atomic E-state index is 14.5. The van der Waals surface area contributed by atoms with Crippen LogP contribution in [0.25, 0.3) is 16.7 Å². The predicted octanol–water partition coefficient (Wildman–Crippen LogP) is 10.1. The van der Waals surface area contributed by atoms with Crippen LogP contribution < -0.4 is 0 Å². The molecule has 0 atom stereocenters. The van der Waals surface area contributed by atoms with E-state index in [4.69, 9.17) is 9.47 Å². The molecule has 6 aromatic rings. The molecule has 0 aromatic heterocycles. The summed E-state index contributed by atoms with van der Waals surface area (Å²) in [6.45, 7) is 0.572. The molecule has 0 saturated carbocycles. The second-order valence-corrected chi connectivity index (χ2v) is 14.3. The summed E-state index contributed by atoms with van der Waals surface area (Å²) in [5.74, 6) is -2.53. The molecule has 6 aromatic carbocycles. The summed E-state index contributed by atoms with van der Waals surface area (Å²) in [6, 6.07) is 60.1. The van der Waals surface area contributed by atoms with Gasteiger partial charge >= 0.3 is 11.9 Å². The highest BCUT2D eigenvalue weighted by Gasteiger charge is 2.35. The van der Waals surface area contributed by atoms with Crippen LogP contribution in [0.3, 0.4) is 0 Å². The van der Waals surface area contributed by atoms with E-state index in [1.165, 1.54) is 0 Å². The average molecular weight is 798 g/mol. The van der Waals surface area contributed by atoms with Crippen molar-refractivity contribution in [2.75, 3.05) is 13.2 Å². The maximum atomic E-state index is 14.5. The molecule has 0 radical (unpaired) electrons. The molecule has 8 nitrogen and oxygen atoms in total. The molecule has 0 bridgehead atoms. The molecule has 296 valence electrons. The van der Waals surface area contributed by atoms with E-state index in [0.29, 0.717) is 50.1 Å². The first-order valence-corrected chi connectivity index (χ1v) is 19.4. The number of nitriles is 3. The Kier molecular flexibility index (Phi) is 14.1. The summed E-state index contributed by atoms with van der Waals surface area (Å²) in [6.07, 6.45) is -0.425. The number of carbonyl (C=O) groups excluding carboxylic acids is 3. The van der Waals surface area contributed by atoms with Crippen LogP contribution in [0.4, 0.5) is 0 Å². The summed E-state index contributed by atoms with van der Waals surface area (Å²) < 4.78 is 11.8. The van der Waals surface area contributed by atoms with Crippen molar-refractivity contribution in [1.29, 1.82) is 15.8 Å². The van der Waals surface area contributed by atoms with Gasteiger partial charge in [0.15, 0.2) is 5.78 Å². The molecule has 0 amide bonds. The van der Waals surface area contributed by atoms with E-state index in [2.05, 4.69) is 6.07 Å². The van der Waals surface area contributed by atoms with Crippen LogP contribution in [-0.2, 0) is 23.9 Å². The molecule has 8 heteroatoms. The Morgan fingerprint density at radius 2 is 0.639 bits per heavy atom. The molecule has 6 rings (SSSR count). The van der Waals surface area contributed by atoms with Gasteiger partial charge in [0.2, 0.25) is 0 Å². The predicted molar refractivity (Wildman–Crippen MR) is 233 cm³/mol. The van der Waals surface area contributed by atoms with Gasteiger partial charge in [-0.3, -0.25) is 4.79 Å². The van der Waals surface area contributed by atoms with Crippen molar-refractivity contribution in [1.82, 2.24) is 0 Å². The fraction of sp³-hybridized carbons (Fsp3) is 0.0943. The minimum absolute atomic E-state index is 0.151. The Labute approximate surface area is 355 Å². The first kappa shape index (κ1) is 42.2. The second-order valence-electron chi connectivity index (χ2n) is 14.3. The van der Waals surface area contributed by atoms with Crippen LogP contribution >= 0.6 is 0 Å². The Bertz CT molecular complexity index is 2470. The van der Waals surface area contributed by atoms with Gasteiger partial charge in [-0.15, -0.1) is 0 Å². The number of hydrogen-bond donors (Lipinski definition) is 0. The number of ether oxygens (including phenoxy) is 2. The van der Waals surface area contributed by atoms with Crippen LogP contribution in [0.5, 0.6) is 0 Å². The average Bonchev–Trinajstić information content (AvgIpc) is 3.31. The van der Waals surface area contributed by atoms with Gasteiger partial charge in [0, 0.05) is 28.6 Å². The first-order chi connectivity index (χ1) is 29.8. The van der Waals surface area contributed by atoms with E-state index < -0.39 is 42.8 Å². The van der Waals surface area contributed by atoms with Gasteiger partial charge < -0.3 is 9.47 Å². The summed E-state index contributed by atoms with van der Waals surface area (Å²) in [5, 5.41) is 31.5. The first-order valence-electron chi connectivity index (χ1n) is 19.4. The van der Waals surface area contributed by atoms with Crippen molar-refractivity contribution < 1.29 is 23.9 Å². The molecule has 0 aliphatic carbocycles. The smallest absolute Gasteiger partial charge is 0.349 e.